The Morgan fingerprint density at radius 3 is 0.857 bits per heavy atom. The van der Waals surface area contributed by atoms with Crippen molar-refractivity contribution in [3.8, 4) is 0 Å². The summed E-state index contributed by atoms with van der Waals surface area (Å²) >= 11 is 0. The molecule has 0 unspecified atom stereocenters. The van der Waals surface area contributed by atoms with Gasteiger partial charge in [-0.15, -0.1) is 0 Å². The van der Waals surface area contributed by atoms with E-state index in [1.807, 2.05) is 0 Å². The maximum Gasteiger partial charge on any atom is 0.414 e. The molecular formula is C9H10O12. The van der Waals surface area contributed by atoms with Gasteiger partial charge >= 0.3 is 35.8 Å². The van der Waals surface area contributed by atoms with E-state index in [9.17, 15) is 19.2 Å². The molecular weight excluding hydrogens is 300 g/mol. The van der Waals surface area contributed by atoms with Gasteiger partial charge in [0.2, 0.25) is 0 Å². The molecule has 0 aliphatic heterocycles. The predicted molar refractivity (Wildman–Crippen MR) is 59.6 cm³/mol. The van der Waals surface area contributed by atoms with Crippen molar-refractivity contribution < 1.29 is 59.4 Å². The fourth-order valence-electron chi connectivity index (χ4n) is 0.272. The number of hydrogen-bond donors (Lipinski definition) is 6. The second-order valence-electron chi connectivity index (χ2n) is 2.58. The van der Waals surface area contributed by atoms with E-state index in [1.165, 1.54) is 0 Å². The van der Waals surface area contributed by atoms with Gasteiger partial charge in [-0.05, 0) is 0 Å². The number of aliphatic carboxylic acids is 6. The maximum atomic E-state index is 9.55. The second-order valence-corrected chi connectivity index (χ2v) is 2.58. The van der Waals surface area contributed by atoms with Crippen LogP contribution in [-0.4, -0.2) is 66.5 Å². The van der Waals surface area contributed by atoms with E-state index in [0.717, 1.165) is 0 Å². The van der Waals surface area contributed by atoms with Crippen LogP contribution in [0.1, 0.15) is 6.42 Å². The van der Waals surface area contributed by atoms with Crippen molar-refractivity contribution in [2.24, 2.45) is 0 Å². The van der Waals surface area contributed by atoms with Gasteiger partial charge in [-0.1, -0.05) is 0 Å². The monoisotopic (exact) mass is 310 g/mol. The lowest BCUT2D eigenvalue weighted by atomic mass is 10.5. The molecule has 6 N–H and O–H groups in total. The van der Waals surface area contributed by atoms with Crippen molar-refractivity contribution in [3.63, 3.8) is 0 Å². The van der Waals surface area contributed by atoms with Gasteiger partial charge in [0.1, 0.15) is 6.42 Å². The van der Waals surface area contributed by atoms with E-state index in [2.05, 4.69) is 0 Å². The molecule has 0 fully saturated rings. The average molecular weight is 310 g/mol. The third-order valence-corrected chi connectivity index (χ3v) is 0.854. The first kappa shape index (κ1) is 22.7. The molecule has 0 aromatic carbocycles. The number of carboxylic acids is 6. The van der Waals surface area contributed by atoms with E-state index < -0.39 is 42.2 Å². The lowest BCUT2D eigenvalue weighted by molar-refractivity contribution is -0.159. The van der Waals surface area contributed by atoms with Gasteiger partial charge in [-0.25, -0.2) is 19.2 Å². The number of hydrogen-bond acceptors (Lipinski definition) is 6. The molecule has 0 heterocycles. The van der Waals surface area contributed by atoms with Gasteiger partial charge in [-0.3, -0.25) is 9.59 Å². The highest BCUT2D eigenvalue weighted by molar-refractivity contribution is 6.27. The van der Waals surface area contributed by atoms with Crippen LogP contribution < -0.4 is 0 Å². The van der Waals surface area contributed by atoms with Gasteiger partial charge in [0.25, 0.3) is 0 Å². The molecule has 0 saturated heterocycles. The molecule has 0 saturated carbocycles. The summed E-state index contributed by atoms with van der Waals surface area (Å²) < 4.78 is 0. The van der Waals surface area contributed by atoms with Gasteiger partial charge < -0.3 is 30.6 Å². The minimum Gasteiger partial charge on any atom is -0.481 e. The molecule has 12 nitrogen and oxygen atoms in total. The van der Waals surface area contributed by atoms with Gasteiger partial charge in [0.15, 0.2) is 0 Å². The zero-order chi connectivity index (χ0) is 17.6. The maximum absolute atomic E-state index is 9.55. The molecule has 0 aliphatic rings. The third kappa shape index (κ3) is 38.4. The lowest BCUT2D eigenvalue weighted by Crippen LogP contribution is -2.09. The van der Waals surface area contributed by atoms with Crippen molar-refractivity contribution in [2.75, 3.05) is 0 Å². The molecule has 12 heteroatoms. The summed E-state index contributed by atoms with van der Waals surface area (Å²) in [6.45, 7) is 0. The molecule has 0 aromatic heterocycles. The normalized spacial score (nSPS) is 8.38. The van der Waals surface area contributed by atoms with Crippen molar-refractivity contribution in [1.82, 2.24) is 0 Å². The fraction of sp³-hybridized carbons (Fsp3) is 0.111. The summed E-state index contributed by atoms with van der Waals surface area (Å²) in [4.78, 5) is 56.2. The topological polar surface area (TPSA) is 224 Å². The summed E-state index contributed by atoms with van der Waals surface area (Å²) in [5.41, 5.74) is 0. The first-order valence-corrected chi connectivity index (χ1v) is 4.43. The Kier molecular flexibility index (Phi) is 14.1. The second kappa shape index (κ2) is 13.0. The summed E-state index contributed by atoms with van der Waals surface area (Å²) in [5, 5.41) is 45.8. The fourth-order valence-corrected chi connectivity index (χ4v) is 0.272. The van der Waals surface area contributed by atoms with E-state index in [0.29, 0.717) is 12.2 Å². The first-order chi connectivity index (χ1) is 9.39. The van der Waals surface area contributed by atoms with Crippen LogP contribution in [0.15, 0.2) is 12.2 Å². The molecule has 0 atom stereocenters. The van der Waals surface area contributed by atoms with Crippen LogP contribution in [0.2, 0.25) is 0 Å². The molecule has 0 aliphatic carbocycles. The van der Waals surface area contributed by atoms with Gasteiger partial charge in [-0.2, -0.15) is 0 Å². The molecule has 0 amide bonds. The Hall–Kier alpha value is -3.44. The quantitative estimate of drug-likeness (QED) is 0.196. The number of carboxylic acid groups (broad SMARTS) is 6. The highest BCUT2D eigenvalue weighted by Crippen LogP contribution is 1.74. The van der Waals surface area contributed by atoms with Crippen LogP contribution in [0.5, 0.6) is 0 Å². The highest BCUT2D eigenvalue weighted by Gasteiger charge is 2.04. The van der Waals surface area contributed by atoms with Crippen LogP contribution in [0.4, 0.5) is 0 Å². The molecule has 0 radical (unpaired) electrons. The standard InChI is InChI=1S/C4H4O4.C3H4O4.C2H2O4/c5-3(6)1-2-4(7)8;4-2(5)1-3(6)7;3-1(4)2(5)6/h1-2H,(H,5,6)(H,7,8);1H2,(H,4,5)(H,6,7);(H,3,4)(H,5,6)/b2-1-;;. The van der Waals surface area contributed by atoms with Crippen LogP contribution in [-0.2, 0) is 28.8 Å². The van der Waals surface area contributed by atoms with Crippen LogP contribution >= 0.6 is 0 Å². The average Bonchev–Trinajstić information content (AvgIpc) is 2.25. The Labute approximate surface area is 115 Å². The molecule has 21 heavy (non-hydrogen) atoms. The largest absolute Gasteiger partial charge is 0.481 e. The minimum absolute atomic E-state index is 0.558. The Bertz CT molecular complexity index is 406. The first-order valence-electron chi connectivity index (χ1n) is 4.43. The lowest BCUT2D eigenvalue weighted by Gasteiger charge is -1.80. The van der Waals surface area contributed by atoms with Crippen LogP contribution in [0.3, 0.4) is 0 Å². The smallest absolute Gasteiger partial charge is 0.414 e. The Morgan fingerprint density at radius 2 is 0.810 bits per heavy atom. The molecule has 0 aromatic rings. The van der Waals surface area contributed by atoms with Crippen molar-refractivity contribution in [1.29, 1.82) is 0 Å². The number of rotatable bonds is 4. The van der Waals surface area contributed by atoms with Crippen molar-refractivity contribution in [2.45, 2.75) is 6.42 Å². The Morgan fingerprint density at radius 1 is 0.571 bits per heavy atom. The SMILES string of the molecule is O=C(O)/C=C\C(=O)O.O=C(O)C(=O)O.O=C(O)CC(=O)O. The van der Waals surface area contributed by atoms with E-state index in [-0.39, 0.29) is 0 Å². The molecule has 0 bridgehead atoms. The van der Waals surface area contributed by atoms with Crippen molar-refractivity contribution >= 4 is 35.8 Å². The summed E-state index contributed by atoms with van der Waals surface area (Å²) in [6.07, 6.45) is 0.310. The Balaban J connectivity index is -0.000000234. The molecule has 118 valence electrons. The molecule has 0 spiro atoms. The highest BCUT2D eigenvalue weighted by atomic mass is 16.4. The van der Waals surface area contributed by atoms with E-state index >= 15 is 0 Å². The van der Waals surface area contributed by atoms with Gasteiger partial charge in [0, 0.05) is 12.2 Å². The number of carbonyl (C=O) groups is 6. The summed E-state index contributed by atoms with van der Waals surface area (Å²) in [7, 11) is 0. The van der Waals surface area contributed by atoms with Crippen LogP contribution in [0.25, 0.3) is 0 Å². The summed E-state index contributed by atoms with van der Waals surface area (Å²) in [5.74, 6) is -8.79. The summed E-state index contributed by atoms with van der Waals surface area (Å²) in [6, 6.07) is 0. The molecule has 0 rings (SSSR count). The van der Waals surface area contributed by atoms with Crippen molar-refractivity contribution in [3.05, 3.63) is 12.2 Å². The minimum atomic E-state index is -1.82. The van der Waals surface area contributed by atoms with E-state index in [1.54, 1.807) is 0 Å². The van der Waals surface area contributed by atoms with Gasteiger partial charge in [0.05, 0.1) is 0 Å². The zero-order valence-electron chi connectivity index (χ0n) is 9.99. The van der Waals surface area contributed by atoms with Crippen LogP contribution in [0, 0.1) is 0 Å². The third-order valence-electron chi connectivity index (χ3n) is 0.854. The zero-order valence-corrected chi connectivity index (χ0v) is 9.99. The predicted octanol–water partition coefficient (Wildman–Crippen LogP) is -1.59. The van der Waals surface area contributed by atoms with E-state index in [4.69, 9.17) is 40.2 Å².